The number of likely N-dealkylation sites (tertiary alicyclic amines) is 1. The van der Waals surface area contributed by atoms with Gasteiger partial charge in [-0.2, -0.15) is 0 Å². The van der Waals surface area contributed by atoms with Gasteiger partial charge < -0.3 is 10.2 Å². The smallest absolute Gasteiger partial charge is 0.244 e. The van der Waals surface area contributed by atoms with Crippen LogP contribution in [0.2, 0.25) is 0 Å². The van der Waals surface area contributed by atoms with E-state index in [1.165, 1.54) is 12.8 Å². The summed E-state index contributed by atoms with van der Waals surface area (Å²) in [6.45, 7) is 5.08. The van der Waals surface area contributed by atoms with Crippen molar-refractivity contribution in [2.75, 3.05) is 19.6 Å². The number of rotatable bonds is 6. The molecule has 0 aromatic heterocycles. The average Bonchev–Trinajstić information content (AvgIpc) is 3.01. The molecule has 3 heteroatoms. The molecule has 112 valence electrons. The second kappa shape index (κ2) is 8.42. The molecule has 1 fully saturated rings. The fourth-order valence-corrected chi connectivity index (χ4v) is 2.62. The molecule has 1 aliphatic heterocycles. The summed E-state index contributed by atoms with van der Waals surface area (Å²) in [5.74, 6) is -0.0406. The number of nitrogens with one attached hydrogen (secondary N) is 1. The summed E-state index contributed by atoms with van der Waals surface area (Å²) < 4.78 is 0. The minimum absolute atomic E-state index is 0.0406. The molecule has 1 saturated heterocycles. The monoisotopic (exact) mass is 284 g/mol. The first-order valence-electron chi connectivity index (χ1n) is 7.67. The molecule has 21 heavy (non-hydrogen) atoms. The van der Waals surface area contributed by atoms with Crippen LogP contribution < -0.4 is 5.32 Å². The maximum Gasteiger partial charge on any atom is 0.244 e. The van der Waals surface area contributed by atoms with Crippen LogP contribution in [0.4, 0.5) is 0 Å². The Hall–Kier alpha value is -1.87. The Kier molecular flexibility index (Phi) is 6.22. The standard InChI is InChI=1S/C18H24N2O/c1-2-3-5-12-18(21)19-17(15-20-13-8-9-14-20)16-10-6-4-7-11-16/h2-7,10-12,17H,8-9,13-15H2,1H3,(H,19,21)/b3-2+,12-5+. The predicted octanol–water partition coefficient (Wildman–Crippen LogP) is 3.07. The molecular formula is C18H24N2O. The van der Waals surface area contributed by atoms with Gasteiger partial charge in [0.1, 0.15) is 0 Å². The normalized spacial score (nSPS) is 17.6. The van der Waals surface area contributed by atoms with Crippen molar-refractivity contribution in [2.24, 2.45) is 0 Å². The van der Waals surface area contributed by atoms with Crippen LogP contribution >= 0.6 is 0 Å². The minimum atomic E-state index is -0.0406. The SMILES string of the molecule is C/C=C/C=C/C(=O)NC(CN1CCCC1)c1ccccc1. The Morgan fingerprint density at radius 2 is 1.95 bits per heavy atom. The van der Waals surface area contributed by atoms with Crippen LogP contribution in [0, 0.1) is 0 Å². The average molecular weight is 284 g/mol. The number of allylic oxidation sites excluding steroid dienone is 3. The van der Waals surface area contributed by atoms with Gasteiger partial charge in [0.2, 0.25) is 5.91 Å². The molecule has 1 unspecified atom stereocenters. The van der Waals surface area contributed by atoms with Gasteiger partial charge in [-0.1, -0.05) is 48.6 Å². The highest BCUT2D eigenvalue weighted by molar-refractivity contribution is 5.88. The summed E-state index contributed by atoms with van der Waals surface area (Å²) in [7, 11) is 0. The second-order valence-corrected chi connectivity index (χ2v) is 5.36. The molecule has 1 heterocycles. The van der Waals surface area contributed by atoms with Gasteiger partial charge in [0.25, 0.3) is 0 Å². The molecule has 1 atom stereocenters. The molecular weight excluding hydrogens is 260 g/mol. The van der Waals surface area contributed by atoms with E-state index in [4.69, 9.17) is 0 Å². The van der Waals surface area contributed by atoms with Gasteiger partial charge >= 0.3 is 0 Å². The van der Waals surface area contributed by atoms with Gasteiger partial charge in [0.05, 0.1) is 6.04 Å². The van der Waals surface area contributed by atoms with E-state index in [9.17, 15) is 4.79 Å². The van der Waals surface area contributed by atoms with Crippen LogP contribution in [0.3, 0.4) is 0 Å². The van der Waals surface area contributed by atoms with Gasteiger partial charge in [-0.15, -0.1) is 0 Å². The number of benzene rings is 1. The largest absolute Gasteiger partial charge is 0.344 e. The van der Waals surface area contributed by atoms with Gasteiger partial charge in [-0.05, 0) is 38.4 Å². The first kappa shape index (κ1) is 15.5. The highest BCUT2D eigenvalue weighted by Crippen LogP contribution is 2.17. The molecule has 0 bridgehead atoms. The Morgan fingerprint density at radius 1 is 1.24 bits per heavy atom. The Morgan fingerprint density at radius 3 is 2.62 bits per heavy atom. The van der Waals surface area contributed by atoms with Crippen LogP contribution in [0.1, 0.15) is 31.4 Å². The maximum absolute atomic E-state index is 12.0. The maximum atomic E-state index is 12.0. The fraction of sp³-hybridized carbons (Fsp3) is 0.389. The van der Waals surface area contributed by atoms with Gasteiger partial charge in [0.15, 0.2) is 0 Å². The molecule has 2 rings (SSSR count). The number of hydrogen-bond acceptors (Lipinski definition) is 2. The summed E-state index contributed by atoms with van der Waals surface area (Å²) in [5, 5.41) is 3.12. The van der Waals surface area contributed by atoms with Crippen molar-refractivity contribution in [2.45, 2.75) is 25.8 Å². The number of carbonyl (C=O) groups excluding carboxylic acids is 1. The zero-order valence-electron chi connectivity index (χ0n) is 12.7. The van der Waals surface area contributed by atoms with Gasteiger partial charge in [-0.25, -0.2) is 0 Å². The quantitative estimate of drug-likeness (QED) is 0.643. The third-order valence-electron chi connectivity index (χ3n) is 3.71. The number of amides is 1. The molecule has 0 radical (unpaired) electrons. The van der Waals surface area contributed by atoms with Crippen molar-refractivity contribution in [1.29, 1.82) is 0 Å². The highest BCUT2D eigenvalue weighted by atomic mass is 16.1. The van der Waals surface area contributed by atoms with Crippen molar-refractivity contribution in [3.63, 3.8) is 0 Å². The lowest BCUT2D eigenvalue weighted by atomic mass is 10.1. The predicted molar refractivity (Wildman–Crippen MR) is 87.0 cm³/mol. The van der Waals surface area contributed by atoms with E-state index < -0.39 is 0 Å². The summed E-state index contributed by atoms with van der Waals surface area (Å²) in [5.41, 5.74) is 1.16. The van der Waals surface area contributed by atoms with E-state index in [1.54, 1.807) is 12.2 Å². The van der Waals surface area contributed by atoms with Gasteiger partial charge in [0, 0.05) is 12.6 Å². The Labute approximate surface area is 127 Å². The molecule has 0 spiro atoms. The molecule has 1 amide bonds. The number of nitrogens with zero attached hydrogens (tertiary/aromatic N) is 1. The molecule has 1 N–H and O–H groups in total. The van der Waals surface area contributed by atoms with Crippen molar-refractivity contribution in [1.82, 2.24) is 10.2 Å². The van der Waals surface area contributed by atoms with Crippen LogP contribution in [-0.2, 0) is 4.79 Å². The summed E-state index contributed by atoms with van der Waals surface area (Å²) in [6.07, 6.45) is 9.64. The van der Waals surface area contributed by atoms with Crippen molar-refractivity contribution >= 4 is 5.91 Å². The number of carbonyl (C=O) groups is 1. The topological polar surface area (TPSA) is 32.3 Å². The summed E-state index contributed by atoms with van der Waals surface area (Å²) >= 11 is 0. The van der Waals surface area contributed by atoms with Gasteiger partial charge in [-0.3, -0.25) is 4.79 Å². The highest BCUT2D eigenvalue weighted by Gasteiger charge is 2.19. The molecule has 3 nitrogen and oxygen atoms in total. The van der Waals surface area contributed by atoms with E-state index in [0.717, 1.165) is 25.2 Å². The first-order valence-corrected chi connectivity index (χ1v) is 7.67. The minimum Gasteiger partial charge on any atom is -0.344 e. The lowest BCUT2D eigenvalue weighted by Gasteiger charge is -2.24. The van der Waals surface area contributed by atoms with E-state index in [1.807, 2.05) is 37.3 Å². The van der Waals surface area contributed by atoms with Crippen LogP contribution in [-0.4, -0.2) is 30.4 Å². The molecule has 1 aromatic rings. The Balaban J connectivity index is 2.02. The molecule has 0 aliphatic carbocycles. The summed E-state index contributed by atoms with van der Waals surface area (Å²) in [4.78, 5) is 14.4. The van der Waals surface area contributed by atoms with Crippen LogP contribution in [0.15, 0.2) is 54.6 Å². The second-order valence-electron chi connectivity index (χ2n) is 5.36. The van der Waals surface area contributed by atoms with Crippen molar-refractivity contribution in [3.8, 4) is 0 Å². The zero-order valence-corrected chi connectivity index (χ0v) is 12.7. The zero-order chi connectivity index (χ0) is 14.9. The van der Waals surface area contributed by atoms with E-state index >= 15 is 0 Å². The van der Waals surface area contributed by atoms with Crippen molar-refractivity contribution in [3.05, 3.63) is 60.2 Å². The third-order valence-corrected chi connectivity index (χ3v) is 3.71. The lowest BCUT2D eigenvalue weighted by Crippen LogP contribution is -2.36. The van der Waals surface area contributed by atoms with Crippen LogP contribution in [0.25, 0.3) is 0 Å². The molecule has 1 aromatic carbocycles. The molecule has 0 saturated carbocycles. The summed E-state index contributed by atoms with van der Waals surface area (Å²) in [6, 6.07) is 10.3. The first-order chi connectivity index (χ1) is 10.3. The van der Waals surface area contributed by atoms with E-state index in [0.29, 0.717) is 0 Å². The van der Waals surface area contributed by atoms with Crippen LogP contribution in [0.5, 0.6) is 0 Å². The van der Waals surface area contributed by atoms with E-state index in [-0.39, 0.29) is 11.9 Å². The molecule has 1 aliphatic rings. The number of hydrogen-bond donors (Lipinski definition) is 1. The third kappa shape index (κ3) is 5.20. The lowest BCUT2D eigenvalue weighted by molar-refractivity contribution is -0.117. The fourth-order valence-electron chi connectivity index (χ4n) is 2.62. The van der Waals surface area contributed by atoms with E-state index in [2.05, 4.69) is 22.3 Å². The van der Waals surface area contributed by atoms with Crippen molar-refractivity contribution < 1.29 is 4.79 Å². The Bertz CT molecular complexity index is 487.